The molecule has 7 heteroatoms. The SMILES string of the molecule is NC(=O)c1nc(Cl)ccc1C(F)(F)F. The number of alkyl halides is 3. The Balaban J connectivity index is 3.37. The van der Waals surface area contributed by atoms with E-state index in [-0.39, 0.29) is 5.15 Å². The normalized spacial score (nSPS) is 11.4. The largest absolute Gasteiger partial charge is 0.418 e. The number of hydrogen-bond donors (Lipinski definition) is 1. The van der Waals surface area contributed by atoms with Crippen molar-refractivity contribution in [2.75, 3.05) is 0 Å². The highest BCUT2D eigenvalue weighted by atomic mass is 35.5. The second-order valence-electron chi connectivity index (χ2n) is 2.39. The molecule has 0 unspecified atom stereocenters. The zero-order valence-corrected chi connectivity index (χ0v) is 7.36. The third-order valence-corrected chi connectivity index (χ3v) is 1.61. The monoisotopic (exact) mass is 224 g/mol. The van der Waals surface area contributed by atoms with Crippen LogP contribution in [0.3, 0.4) is 0 Å². The molecule has 0 aromatic carbocycles. The molecule has 0 bridgehead atoms. The fraction of sp³-hybridized carbons (Fsp3) is 0.143. The maximum absolute atomic E-state index is 12.2. The number of primary amides is 1. The molecule has 0 saturated heterocycles. The van der Waals surface area contributed by atoms with Crippen LogP contribution in [0.15, 0.2) is 12.1 Å². The second-order valence-corrected chi connectivity index (χ2v) is 2.78. The molecule has 0 atom stereocenters. The average molecular weight is 225 g/mol. The van der Waals surface area contributed by atoms with E-state index < -0.39 is 23.3 Å². The Hall–Kier alpha value is -1.30. The van der Waals surface area contributed by atoms with Crippen molar-refractivity contribution in [2.45, 2.75) is 6.18 Å². The first-order chi connectivity index (χ1) is 6.32. The predicted molar refractivity (Wildman–Crippen MR) is 42.8 cm³/mol. The number of carbonyl (C=O) groups is 1. The minimum atomic E-state index is -4.66. The average Bonchev–Trinajstić information content (AvgIpc) is 2.01. The van der Waals surface area contributed by atoms with Gasteiger partial charge in [-0.25, -0.2) is 4.98 Å². The van der Waals surface area contributed by atoms with Crippen LogP contribution in [-0.4, -0.2) is 10.9 Å². The van der Waals surface area contributed by atoms with Crippen LogP contribution in [0.1, 0.15) is 16.1 Å². The minimum Gasteiger partial charge on any atom is -0.364 e. The molecule has 1 aromatic heterocycles. The Morgan fingerprint density at radius 3 is 2.43 bits per heavy atom. The van der Waals surface area contributed by atoms with Gasteiger partial charge in [0, 0.05) is 0 Å². The van der Waals surface area contributed by atoms with Crippen molar-refractivity contribution in [1.29, 1.82) is 0 Å². The molecule has 0 aliphatic carbocycles. The number of halogens is 4. The van der Waals surface area contributed by atoms with E-state index in [1.807, 2.05) is 0 Å². The molecule has 1 aromatic rings. The van der Waals surface area contributed by atoms with Crippen molar-refractivity contribution in [2.24, 2.45) is 5.73 Å². The Kier molecular flexibility index (Phi) is 2.66. The first kappa shape index (κ1) is 10.8. The summed E-state index contributed by atoms with van der Waals surface area (Å²) in [7, 11) is 0. The van der Waals surface area contributed by atoms with E-state index in [2.05, 4.69) is 4.98 Å². The van der Waals surface area contributed by atoms with E-state index in [4.69, 9.17) is 17.3 Å². The number of hydrogen-bond acceptors (Lipinski definition) is 2. The summed E-state index contributed by atoms with van der Waals surface area (Å²) in [6, 6.07) is 1.60. The van der Waals surface area contributed by atoms with Crippen molar-refractivity contribution < 1.29 is 18.0 Å². The number of amides is 1. The van der Waals surface area contributed by atoms with Gasteiger partial charge in [0.15, 0.2) is 0 Å². The third-order valence-electron chi connectivity index (χ3n) is 1.40. The van der Waals surface area contributed by atoms with E-state index in [0.29, 0.717) is 6.07 Å². The van der Waals surface area contributed by atoms with Gasteiger partial charge in [0.25, 0.3) is 5.91 Å². The van der Waals surface area contributed by atoms with Crippen LogP contribution >= 0.6 is 11.6 Å². The summed E-state index contributed by atoms with van der Waals surface area (Å²) in [5.74, 6) is -1.26. The van der Waals surface area contributed by atoms with Crippen LogP contribution in [-0.2, 0) is 6.18 Å². The van der Waals surface area contributed by atoms with Gasteiger partial charge in [-0.05, 0) is 12.1 Å². The lowest BCUT2D eigenvalue weighted by atomic mass is 10.2. The van der Waals surface area contributed by atoms with Crippen molar-refractivity contribution in [3.8, 4) is 0 Å². The van der Waals surface area contributed by atoms with E-state index >= 15 is 0 Å². The van der Waals surface area contributed by atoms with Gasteiger partial charge in [-0.1, -0.05) is 11.6 Å². The van der Waals surface area contributed by atoms with Gasteiger partial charge in [-0.3, -0.25) is 4.79 Å². The van der Waals surface area contributed by atoms with Crippen molar-refractivity contribution in [3.63, 3.8) is 0 Å². The van der Waals surface area contributed by atoms with Gasteiger partial charge in [-0.2, -0.15) is 13.2 Å². The molecule has 2 N–H and O–H groups in total. The van der Waals surface area contributed by atoms with Crippen LogP contribution in [0.25, 0.3) is 0 Å². The highest BCUT2D eigenvalue weighted by molar-refractivity contribution is 6.29. The van der Waals surface area contributed by atoms with E-state index in [0.717, 1.165) is 6.07 Å². The van der Waals surface area contributed by atoms with Gasteiger partial charge in [0.1, 0.15) is 10.8 Å². The van der Waals surface area contributed by atoms with Crippen LogP contribution in [0.5, 0.6) is 0 Å². The lowest BCUT2D eigenvalue weighted by Gasteiger charge is -2.09. The highest BCUT2D eigenvalue weighted by Gasteiger charge is 2.35. The molecule has 0 saturated carbocycles. The molecule has 0 fully saturated rings. The van der Waals surface area contributed by atoms with Gasteiger partial charge >= 0.3 is 6.18 Å². The van der Waals surface area contributed by atoms with Crippen molar-refractivity contribution >= 4 is 17.5 Å². The number of rotatable bonds is 1. The zero-order chi connectivity index (χ0) is 10.9. The van der Waals surface area contributed by atoms with Crippen LogP contribution in [0, 0.1) is 0 Å². The molecule has 1 heterocycles. The minimum absolute atomic E-state index is 0.216. The van der Waals surface area contributed by atoms with Crippen LogP contribution in [0.2, 0.25) is 5.15 Å². The van der Waals surface area contributed by atoms with Gasteiger partial charge in [0.05, 0.1) is 5.56 Å². The molecule has 1 rings (SSSR count). The molecule has 14 heavy (non-hydrogen) atoms. The zero-order valence-electron chi connectivity index (χ0n) is 6.60. The van der Waals surface area contributed by atoms with E-state index in [1.54, 1.807) is 0 Å². The lowest BCUT2D eigenvalue weighted by molar-refractivity contribution is -0.138. The molecule has 0 aliphatic rings. The number of pyridine rings is 1. The smallest absolute Gasteiger partial charge is 0.364 e. The first-order valence-corrected chi connectivity index (χ1v) is 3.73. The number of nitrogens with zero attached hydrogens (tertiary/aromatic N) is 1. The van der Waals surface area contributed by atoms with Crippen molar-refractivity contribution in [1.82, 2.24) is 4.98 Å². The number of carbonyl (C=O) groups excluding carboxylic acids is 1. The maximum atomic E-state index is 12.2. The summed E-state index contributed by atoms with van der Waals surface area (Å²) in [4.78, 5) is 13.8. The van der Waals surface area contributed by atoms with E-state index in [9.17, 15) is 18.0 Å². The number of nitrogens with two attached hydrogens (primary N) is 1. The van der Waals surface area contributed by atoms with Gasteiger partial charge in [-0.15, -0.1) is 0 Å². The number of aromatic nitrogens is 1. The lowest BCUT2D eigenvalue weighted by Crippen LogP contribution is -2.20. The topological polar surface area (TPSA) is 56.0 Å². The fourth-order valence-electron chi connectivity index (χ4n) is 0.852. The summed E-state index contributed by atoms with van der Waals surface area (Å²) in [5.41, 5.74) is 2.66. The molecule has 3 nitrogen and oxygen atoms in total. The molecule has 76 valence electrons. The van der Waals surface area contributed by atoms with E-state index in [1.165, 1.54) is 0 Å². The third kappa shape index (κ3) is 2.14. The summed E-state index contributed by atoms with van der Waals surface area (Å²) >= 11 is 5.32. The standard InChI is InChI=1S/C7H4ClF3N2O/c8-4-2-1-3(7(9,10)11)5(13-4)6(12)14/h1-2H,(H2,12,14). The summed E-state index contributed by atoms with van der Waals surface area (Å²) in [6.07, 6.45) is -4.66. The highest BCUT2D eigenvalue weighted by Crippen LogP contribution is 2.31. The predicted octanol–water partition coefficient (Wildman–Crippen LogP) is 1.85. The molecule has 1 amide bonds. The summed E-state index contributed by atoms with van der Waals surface area (Å²) in [6.45, 7) is 0. The summed E-state index contributed by atoms with van der Waals surface area (Å²) < 4.78 is 36.7. The van der Waals surface area contributed by atoms with Crippen LogP contribution < -0.4 is 5.73 Å². The maximum Gasteiger partial charge on any atom is 0.418 e. The first-order valence-electron chi connectivity index (χ1n) is 3.36. The Labute approximate surface area is 81.7 Å². The van der Waals surface area contributed by atoms with Gasteiger partial charge < -0.3 is 5.73 Å². The second kappa shape index (κ2) is 3.45. The Morgan fingerprint density at radius 1 is 1.43 bits per heavy atom. The van der Waals surface area contributed by atoms with Crippen molar-refractivity contribution in [3.05, 3.63) is 28.5 Å². The Morgan fingerprint density at radius 2 is 2.00 bits per heavy atom. The van der Waals surface area contributed by atoms with Gasteiger partial charge in [0.2, 0.25) is 0 Å². The fourth-order valence-corrected chi connectivity index (χ4v) is 0.999. The molecule has 0 spiro atoms. The summed E-state index contributed by atoms with van der Waals surface area (Å²) in [5, 5.41) is -0.216. The molecule has 0 aliphatic heterocycles. The molecular weight excluding hydrogens is 221 g/mol. The van der Waals surface area contributed by atoms with Crippen LogP contribution in [0.4, 0.5) is 13.2 Å². The molecule has 0 radical (unpaired) electrons. The Bertz CT molecular complexity index is 378. The molecular formula is C7H4ClF3N2O. The quantitative estimate of drug-likeness (QED) is 0.740.